The predicted octanol–water partition coefficient (Wildman–Crippen LogP) is 2.66. The zero-order chi connectivity index (χ0) is 13.9. The molecule has 0 aromatic carbocycles. The normalized spacial score (nSPS) is 12.6. The summed E-state index contributed by atoms with van der Waals surface area (Å²) in [5.41, 5.74) is 1.74. The summed E-state index contributed by atoms with van der Waals surface area (Å²) in [6.07, 6.45) is 0. The van der Waals surface area contributed by atoms with Gasteiger partial charge in [-0.1, -0.05) is 18.5 Å². The minimum Gasteiger partial charge on any atom is -0.343 e. The molecular formula is C13H22ClN3O. The van der Waals surface area contributed by atoms with Gasteiger partial charge in [-0.15, -0.1) is 0 Å². The molecule has 1 heterocycles. The van der Waals surface area contributed by atoms with E-state index in [9.17, 15) is 4.79 Å². The van der Waals surface area contributed by atoms with Crippen LogP contribution in [0.25, 0.3) is 0 Å². The standard InChI is InChI=1S/C13H22ClN3O/c1-6-16(7-2)13(18)9(3)8-17-11(5)12(14)10(4)15-17/h9H,6-8H2,1-5H3/t9-/m1/s1. The summed E-state index contributed by atoms with van der Waals surface area (Å²) in [5.74, 6) is 0.0858. The molecular weight excluding hydrogens is 250 g/mol. The van der Waals surface area contributed by atoms with E-state index < -0.39 is 0 Å². The Balaban J connectivity index is 2.78. The van der Waals surface area contributed by atoms with Crippen molar-refractivity contribution in [3.05, 3.63) is 16.4 Å². The Morgan fingerprint density at radius 2 is 1.94 bits per heavy atom. The minimum absolute atomic E-state index is 0.0843. The van der Waals surface area contributed by atoms with Crippen LogP contribution in [-0.4, -0.2) is 33.7 Å². The molecule has 0 N–H and O–H groups in total. The highest BCUT2D eigenvalue weighted by Crippen LogP contribution is 2.20. The molecule has 0 bridgehead atoms. The molecule has 0 aliphatic rings. The largest absolute Gasteiger partial charge is 0.343 e. The molecule has 1 atom stereocenters. The third-order valence-corrected chi connectivity index (χ3v) is 3.78. The minimum atomic E-state index is -0.0843. The molecule has 18 heavy (non-hydrogen) atoms. The van der Waals surface area contributed by atoms with Crippen LogP contribution >= 0.6 is 11.6 Å². The Hall–Kier alpha value is -1.03. The number of rotatable bonds is 5. The first kappa shape index (κ1) is 15.0. The van der Waals surface area contributed by atoms with E-state index in [0.29, 0.717) is 11.6 Å². The van der Waals surface area contributed by atoms with Gasteiger partial charge in [0.05, 0.1) is 28.9 Å². The molecule has 0 unspecified atom stereocenters. The molecule has 0 fully saturated rings. The molecule has 1 aromatic rings. The second-order valence-corrected chi connectivity index (χ2v) is 4.96. The topological polar surface area (TPSA) is 38.1 Å². The summed E-state index contributed by atoms with van der Waals surface area (Å²) < 4.78 is 1.82. The van der Waals surface area contributed by atoms with Crippen LogP contribution in [0.5, 0.6) is 0 Å². The molecule has 1 rings (SSSR count). The van der Waals surface area contributed by atoms with E-state index >= 15 is 0 Å². The average Bonchev–Trinajstić information content (AvgIpc) is 2.58. The zero-order valence-corrected chi connectivity index (χ0v) is 12.6. The first-order chi connectivity index (χ1) is 8.42. The van der Waals surface area contributed by atoms with E-state index in [4.69, 9.17) is 11.6 Å². The molecule has 1 aromatic heterocycles. The lowest BCUT2D eigenvalue weighted by Crippen LogP contribution is -2.36. The van der Waals surface area contributed by atoms with Crippen molar-refractivity contribution in [1.82, 2.24) is 14.7 Å². The van der Waals surface area contributed by atoms with Crippen molar-refractivity contribution in [2.24, 2.45) is 5.92 Å². The summed E-state index contributed by atoms with van der Waals surface area (Å²) in [6.45, 7) is 11.8. The fraction of sp³-hybridized carbons (Fsp3) is 0.692. The molecule has 0 aliphatic carbocycles. The maximum absolute atomic E-state index is 12.2. The van der Waals surface area contributed by atoms with Crippen LogP contribution in [0.3, 0.4) is 0 Å². The van der Waals surface area contributed by atoms with Gasteiger partial charge >= 0.3 is 0 Å². The van der Waals surface area contributed by atoms with Crippen molar-refractivity contribution >= 4 is 17.5 Å². The van der Waals surface area contributed by atoms with E-state index in [1.807, 2.05) is 44.2 Å². The fourth-order valence-corrected chi connectivity index (χ4v) is 2.17. The van der Waals surface area contributed by atoms with Crippen LogP contribution < -0.4 is 0 Å². The zero-order valence-electron chi connectivity index (χ0n) is 11.8. The van der Waals surface area contributed by atoms with Crippen molar-refractivity contribution in [2.75, 3.05) is 13.1 Å². The van der Waals surface area contributed by atoms with E-state index in [1.165, 1.54) is 0 Å². The lowest BCUT2D eigenvalue weighted by atomic mass is 10.1. The summed E-state index contributed by atoms with van der Waals surface area (Å²) >= 11 is 6.10. The average molecular weight is 272 g/mol. The molecule has 0 saturated heterocycles. The summed E-state index contributed by atoms with van der Waals surface area (Å²) in [4.78, 5) is 14.0. The Morgan fingerprint density at radius 3 is 2.33 bits per heavy atom. The number of aryl methyl sites for hydroxylation is 1. The van der Waals surface area contributed by atoms with Gasteiger partial charge in [-0.05, 0) is 27.7 Å². The second kappa shape index (κ2) is 6.23. The molecule has 5 heteroatoms. The maximum atomic E-state index is 12.2. The summed E-state index contributed by atoms with van der Waals surface area (Å²) in [5, 5.41) is 5.05. The number of amides is 1. The molecule has 0 saturated carbocycles. The maximum Gasteiger partial charge on any atom is 0.227 e. The van der Waals surface area contributed by atoms with Gasteiger partial charge in [-0.3, -0.25) is 9.48 Å². The number of carbonyl (C=O) groups is 1. The van der Waals surface area contributed by atoms with Crippen molar-refractivity contribution in [2.45, 2.75) is 41.2 Å². The lowest BCUT2D eigenvalue weighted by molar-refractivity contribution is -0.135. The van der Waals surface area contributed by atoms with Gasteiger partial charge in [0.25, 0.3) is 0 Å². The van der Waals surface area contributed by atoms with Gasteiger partial charge in [-0.25, -0.2) is 0 Å². The van der Waals surface area contributed by atoms with Gasteiger partial charge in [-0.2, -0.15) is 5.10 Å². The van der Waals surface area contributed by atoms with E-state index in [-0.39, 0.29) is 11.8 Å². The number of aromatic nitrogens is 2. The van der Waals surface area contributed by atoms with Crippen LogP contribution in [0, 0.1) is 19.8 Å². The fourth-order valence-electron chi connectivity index (χ4n) is 2.04. The van der Waals surface area contributed by atoms with Crippen LogP contribution in [0.4, 0.5) is 0 Å². The number of nitrogens with zero attached hydrogens (tertiary/aromatic N) is 3. The monoisotopic (exact) mass is 271 g/mol. The van der Waals surface area contributed by atoms with Crippen molar-refractivity contribution in [1.29, 1.82) is 0 Å². The molecule has 1 amide bonds. The van der Waals surface area contributed by atoms with Crippen molar-refractivity contribution in [3.8, 4) is 0 Å². The highest BCUT2D eigenvalue weighted by Gasteiger charge is 2.20. The number of halogens is 1. The predicted molar refractivity (Wildman–Crippen MR) is 73.8 cm³/mol. The molecule has 0 aliphatic heterocycles. The summed E-state index contributed by atoms with van der Waals surface area (Å²) in [6, 6.07) is 0. The van der Waals surface area contributed by atoms with Crippen LogP contribution in [0.15, 0.2) is 0 Å². The van der Waals surface area contributed by atoms with Gasteiger partial charge in [0.2, 0.25) is 5.91 Å². The Morgan fingerprint density at radius 1 is 1.39 bits per heavy atom. The smallest absolute Gasteiger partial charge is 0.227 e. The first-order valence-corrected chi connectivity index (χ1v) is 6.78. The lowest BCUT2D eigenvalue weighted by Gasteiger charge is -2.23. The number of carbonyl (C=O) groups excluding carboxylic acids is 1. The van der Waals surface area contributed by atoms with Crippen molar-refractivity contribution in [3.63, 3.8) is 0 Å². The van der Waals surface area contributed by atoms with E-state index in [1.54, 1.807) is 0 Å². The van der Waals surface area contributed by atoms with Crippen LogP contribution in [-0.2, 0) is 11.3 Å². The van der Waals surface area contributed by atoms with Gasteiger partial charge in [0, 0.05) is 13.1 Å². The molecule has 102 valence electrons. The van der Waals surface area contributed by atoms with Crippen molar-refractivity contribution < 1.29 is 4.79 Å². The highest BCUT2D eigenvalue weighted by molar-refractivity contribution is 6.31. The third-order valence-electron chi connectivity index (χ3n) is 3.24. The Kier molecular flexibility index (Phi) is 5.20. The van der Waals surface area contributed by atoms with Crippen LogP contribution in [0.2, 0.25) is 5.02 Å². The van der Waals surface area contributed by atoms with Gasteiger partial charge in [0.1, 0.15) is 0 Å². The van der Waals surface area contributed by atoms with Gasteiger partial charge in [0.15, 0.2) is 0 Å². The third kappa shape index (κ3) is 3.05. The Labute approximate surface area is 114 Å². The molecule has 0 radical (unpaired) electrons. The van der Waals surface area contributed by atoms with Crippen LogP contribution in [0.1, 0.15) is 32.2 Å². The highest BCUT2D eigenvalue weighted by atomic mass is 35.5. The summed E-state index contributed by atoms with van der Waals surface area (Å²) in [7, 11) is 0. The first-order valence-electron chi connectivity index (χ1n) is 6.40. The molecule has 4 nitrogen and oxygen atoms in total. The quantitative estimate of drug-likeness (QED) is 0.826. The number of hydrogen-bond donors (Lipinski definition) is 0. The number of hydrogen-bond acceptors (Lipinski definition) is 2. The second-order valence-electron chi connectivity index (χ2n) is 4.58. The Bertz CT molecular complexity index is 424. The van der Waals surface area contributed by atoms with Gasteiger partial charge < -0.3 is 4.90 Å². The SMILES string of the molecule is CCN(CC)C(=O)[C@H](C)Cn1nc(C)c(Cl)c1C. The molecule has 0 spiro atoms. The van der Waals surface area contributed by atoms with E-state index in [0.717, 1.165) is 24.5 Å². The van der Waals surface area contributed by atoms with E-state index in [2.05, 4.69) is 5.10 Å².